The molecule has 4 heteroatoms. The highest BCUT2D eigenvalue weighted by molar-refractivity contribution is 6.16. The van der Waals surface area contributed by atoms with Crippen LogP contribution >= 0.6 is 0 Å². The zero-order valence-electron chi connectivity index (χ0n) is 6.48. The fourth-order valence-electron chi connectivity index (χ4n) is 0.624. The van der Waals surface area contributed by atoms with Crippen LogP contribution in [0.3, 0.4) is 0 Å². The Hall–Kier alpha value is -1.71. The Labute approximate surface area is 69.2 Å². The number of ketones is 1. The molecule has 0 fully saturated rings. The molecule has 0 saturated carbocycles. The lowest BCUT2D eigenvalue weighted by Crippen LogP contribution is -2.01. The van der Waals surface area contributed by atoms with Gasteiger partial charge < -0.3 is 4.84 Å². The lowest BCUT2D eigenvalue weighted by molar-refractivity contribution is -0.140. The molecule has 12 heavy (non-hydrogen) atoms. The van der Waals surface area contributed by atoms with E-state index in [1.165, 1.54) is 31.2 Å². The molecule has 1 rings (SSSR count). The SMILES string of the molecule is CC(=O)ON=C1C=CC(=O)C=C1. The molecule has 0 aliphatic heterocycles. The predicted molar refractivity (Wildman–Crippen MR) is 42.5 cm³/mol. The van der Waals surface area contributed by atoms with Crippen LogP contribution in [0.15, 0.2) is 29.5 Å². The van der Waals surface area contributed by atoms with E-state index in [-0.39, 0.29) is 5.78 Å². The second-order valence-electron chi connectivity index (χ2n) is 2.17. The second kappa shape index (κ2) is 3.61. The second-order valence-corrected chi connectivity index (χ2v) is 2.17. The normalized spacial score (nSPS) is 14.8. The quantitative estimate of drug-likeness (QED) is 0.325. The Morgan fingerprint density at radius 3 is 2.42 bits per heavy atom. The van der Waals surface area contributed by atoms with E-state index in [9.17, 15) is 9.59 Å². The van der Waals surface area contributed by atoms with Crippen LogP contribution in [0, 0.1) is 0 Å². The first kappa shape index (κ1) is 8.39. The third-order valence-electron chi connectivity index (χ3n) is 1.12. The summed E-state index contributed by atoms with van der Waals surface area (Å²) in [6, 6.07) is 0. The summed E-state index contributed by atoms with van der Waals surface area (Å²) in [7, 11) is 0. The summed E-state index contributed by atoms with van der Waals surface area (Å²) in [4.78, 5) is 25.3. The van der Waals surface area contributed by atoms with Crippen molar-refractivity contribution in [2.24, 2.45) is 5.16 Å². The average molecular weight is 165 g/mol. The van der Waals surface area contributed by atoms with Gasteiger partial charge in [-0.25, -0.2) is 4.79 Å². The molecular weight excluding hydrogens is 158 g/mol. The maximum absolute atomic E-state index is 10.6. The third kappa shape index (κ3) is 2.49. The van der Waals surface area contributed by atoms with Gasteiger partial charge in [0.05, 0.1) is 0 Å². The molecule has 4 nitrogen and oxygen atoms in total. The molecule has 0 spiro atoms. The van der Waals surface area contributed by atoms with Crippen molar-refractivity contribution in [2.75, 3.05) is 0 Å². The van der Waals surface area contributed by atoms with E-state index < -0.39 is 5.97 Å². The molecule has 0 atom stereocenters. The van der Waals surface area contributed by atoms with Gasteiger partial charge in [0.1, 0.15) is 5.71 Å². The monoisotopic (exact) mass is 165 g/mol. The van der Waals surface area contributed by atoms with Crippen molar-refractivity contribution >= 4 is 17.5 Å². The maximum Gasteiger partial charge on any atom is 0.331 e. The number of carbonyl (C=O) groups is 2. The first-order chi connectivity index (χ1) is 5.68. The van der Waals surface area contributed by atoms with Crippen LogP contribution in [0.25, 0.3) is 0 Å². The number of rotatable bonds is 1. The first-order valence-corrected chi connectivity index (χ1v) is 3.34. The molecule has 1 aliphatic rings. The van der Waals surface area contributed by atoms with E-state index >= 15 is 0 Å². The summed E-state index contributed by atoms with van der Waals surface area (Å²) in [6.45, 7) is 1.26. The van der Waals surface area contributed by atoms with Gasteiger partial charge in [-0.3, -0.25) is 4.79 Å². The van der Waals surface area contributed by atoms with Gasteiger partial charge in [-0.1, -0.05) is 5.16 Å². The van der Waals surface area contributed by atoms with Crippen molar-refractivity contribution in [3.05, 3.63) is 24.3 Å². The summed E-state index contributed by atoms with van der Waals surface area (Å²) in [5, 5.41) is 3.46. The van der Waals surface area contributed by atoms with Crippen molar-refractivity contribution in [1.82, 2.24) is 0 Å². The number of nitrogens with zero attached hydrogens (tertiary/aromatic N) is 1. The molecule has 0 saturated heterocycles. The summed E-state index contributed by atoms with van der Waals surface area (Å²) >= 11 is 0. The van der Waals surface area contributed by atoms with Crippen molar-refractivity contribution in [1.29, 1.82) is 0 Å². The van der Waals surface area contributed by atoms with E-state index in [0.717, 1.165) is 0 Å². The van der Waals surface area contributed by atoms with Crippen molar-refractivity contribution in [3.63, 3.8) is 0 Å². The molecule has 62 valence electrons. The van der Waals surface area contributed by atoms with Gasteiger partial charge in [-0.2, -0.15) is 0 Å². The van der Waals surface area contributed by atoms with E-state index in [2.05, 4.69) is 9.99 Å². The molecule has 0 aromatic rings. The van der Waals surface area contributed by atoms with Gasteiger partial charge in [-0.05, 0) is 24.3 Å². The minimum absolute atomic E-state index is 0.100. The molecule has 0 unspecified atom stereocenters. The Morgan fingerprint density at radius 2 is 1.92 bits per heavy atom. The van der Waals surface area contributed by atoms with Crippen LogP contribution < -0.4 is 0 Å². The van der Waals surface area contributed by atoms with Crippen molar-refractivity contribution in [3.8, 4) is 0 Å². The smallest absolute Gasteiger partial charge is 0.318 e. The molecular formula is C8H7NO3. The van der Waals surface area contributed by atoms with E-state index in [1.807, 2.05) is 0 Å². The Morgan fingerprint density at radius 1 is 1.33 bits per heavy atom. The van der Waals surface area contributed by atoms with Gasteiger partial charge in [0, 0.05) is 6.92 Å². The lowest BCUT2D eigenvalue weighted by atomic mass is 10.2. The zero-order valence-corrected chi connectivity index (χ0v) is 6.48. The van der Waals surface area contributed by atoms with Crippen molar-refractivity contribution < 1.29 is 14.4 Å². The number of oxime groups is 1. The van der Waals surface area contributed by atoms with E-state index in [4.69, 9.17) is 0 Å². The molecule has 0 heterocycles. The Balaban J connectivity index is 2.61. The number of allylic oxidation sites excluding steroid dienone is 4. The number of carbonyl (C=O) groups excluding carboxylic acids is 2. The van der Waals surface area contributed by atoms with Crippen LogP contribution in [0.4, 0.5) is 0 Å². The zero-order chi connectivity index (χ0) is 8.97. The maximum atomic E-state index is 10.6. The van der Waals surface area contributed by atoms with Gasteiger partial charge in [0.25, 0.3) is 0 Å². The summed E-state index contributed by atoms with van der Waals surface area (Å²) in [6.07, 6.45) is 5.65. The Bertz CT molecular complexity index is 281. The highest BCUT2D eigenvalue weighted by Gasteiger charge is 2.00. The van der Waals surface area contributed by atoms with E-state index in [1.54, 1.807) is 0 Å². The van der Waals surface area contributed by atoms with Crippen molar-refractivity contribution in [2.45, 2.75) is 6.92 Å². The van der Waals surface area contributed by atoms with Gasteiger partial charge in [0.2, 0.25) is 0 Å². The predicted octanol–water partition coefficient (Wildman–Crippen LogP) is 0.601. The summed E-state index contributed by atoms with van der Waals surface area (Å²) in [5.41, 5.74) is 0.449. The summed E-state index contributed by atoms with van der Waals surface area (Å²) in [5.74, 6) is -0.585. The van der Waals surface area contributed by atoms with Crippen LogP contribution in [-0.2, 0) is 14.4 Å². The number of hydrogen-bond donors (Lipinski definition) is 0. The van der Waals surface area contributed by atoms with Crippen LogP contribution in [0.2, 0.25) is 0 Å². The van der Waals surface area contributed by atoms with Gasteiger partial charge in [-0.15, -0.1) is 0 Å². The lowest BCUT2D eigenvalue weighted by Gasteiger charge is -1.96. The van der Waals surface area contributed by atoms with Gasteiger partial charge in [0.15, 0.2) is 5.78 Å². The fourth-order valence-corrected chi connectivity index (χ4v) is 0.624. The van der Waals surface area contributed by atoms with Crippen LogP contribution in [0.5, 0.6) is 0 Å². The third-order valence-corrected chi connectivity index (χ3v) is 1.12. The largest absolute Gasteiger partial charge is 0.331 e. The average Bonchev–Trinajstić information content (AvgIpc) is 2.03. The van der Waals surface area contributed by atoms with Crippen LogP contribution in [-0.4, -0.2) is 17.5 Å². The first-order valence-electron chi connectivity index (χ1n) is 3.34. The topological polar surface area (TPSA) is 55.7 Å². The number of hydrogen-bond acceptors (Lipinski definition) is 4. The van der Waals surface area contributed by atoms with Gasteiger partial charge >= 0.3 is 5.97 Å². The minimum Gasteiger partial charge on any atom is -0.318 e. The molecule has 1 aliphatic carbocycles. The molecule has 0 N–H and O–H groups in total. The molecule has 0 amide bonds. The highest BCUT2D eigenvalue weighted by Crippen LogP contribution is 1.95. The molecule has 0 aromatic heterocycles. The minimum atomic E-state index is -0.485. The molecule has 0 aromatic carbocycles. The van der Waals surface area contributed by atoms with E-state index in [0.29, 0.717) is 5.71 Å². The standard InChI is InChI=1S/C8H7NO3/c1-6(10)12-9-7-2-4-8(11)5-3-7/h2-5H,1H3. The summed E-state index contributed by atoms with van der Waals surface area (Å²) < 4.78 is 0. The highest BCUT2D eigenvalue weighted by atomic mass is 16.7. The Kier molecular flexibility index (Phi) is 2.53. The molecule has 0 radical (unpaired) electrons. The fraction of sp³-hybridized carbons (Fsp3) is 0.125. The molecule has 0 bridgehead atoms. The van der Waals surface area contributed by atoms with Crippen LogP contribution in [0.1, 0.15) is 6.92 Å².